The Labute approximate surface area is 182 Å². The minimum atomic E-state index is -1.45. The smallest absolute Gasteiger partial charge is 0.326 e. The average molecular weight is 454 g/mol. The number of aliphatic carboxylic acids is 2. The lowest BCUT2D eigenvalue weighted by atomic mass is 10.0. The molecule has 9 N–H and O–H groups in total. The highest BCUT2D eigenvalue weighted by Gasteiger charge is 2.25. The average Bonchev–Trinajstić information content (AvgIpc) is 2.74. The van der Waals surface area contributed by atoms with E-state index in [4.69, 9.17) is 21.1 Å². The summed E-state index contributed by atoms with van der Waals surface area (Å²) < 4.78 is 0. The largest absolute Gasteiger partial charge is 0.508 e. The zero-order valence-electron chi connectivity index (χ0n) is 17.0. The number of aromatic hydroxyl groups is 1. The summed E-state index contributed by atoms with van der Waals surface area (Å²) in [6.07, 6.45) is -0.855. The van der Waals surface area contributed by atoms with Crippen LogP contribution < -0.4 is 21.7 Å². The monoisotopic (exact) mass is 454 g/mol. The first-order valence-corrected chi connectivity index (χ1v) is 9.49. The normalized spacial score (nSPS) is 13.3. The van der Waals surface area contributed by atoms with Gasteiger partial charge in [0, 0.05) is 12.8 Å². The van der Waals surface area contributed by atoms with Gasteiger partial charge < -0.3 is 42.1 Å². The summed E-state index contributed by atoms with van der Waals surface area (Å²) in [7, 11) is 0. The Morgan fingerprint density at radius 2 is 1.56 bits per heavy atom. The molecule has 0 fully saturated rings. The fraction of sp³-hybridized carbons (Fsp3) is 0.421. The zero-order valence-corrected chi connectivity index (χ0v) is 17.0. The quantitative estimate of drug-likeness (QED) is 0.154. The molecule has 32 heavy (non-hydrogen) atoms. The number of nitrogens with one attached hydrogen (secondary N) is 3. The molecular formula is C19H26N4O9. The molecule has 0 heterocycles. The minimum Gasteiger partial charge on any atom is -0.508 e. The van der Waals surface area contributed by atoms with E-state index in [2.05, 4.69) is 16.0 Å². The van der Waals surface area contributed by atoms with E-state index >= 15 is 0 Å². The van der Waals surface area contributed by atoms with Crippen LogP contribution >= 0.6 is 0 Å². The van der Waals surface area contributed by atoms with Crippen LogP contribution in [0.3, 0.4) is 0 Å². The van der Waals surface area contributed by atoms with Crippen molar-refractivity contribution in [1.82, 2.24) is 16.0 Å². The molecule has 0 aliphatic heterocycles. The molecule has 3 amide bonds. The van der Waals surface area contributed by atoms with Gasteiger partial charge in [0.25, 0.3) is 0 Å². The van der Waals surface area contributed by atoms with Crippen molar-refractivity contribution < 1.29 is 44.4 Å². The lowest BCUT2D eigenvalue weighted by Crippen LogP contribution is -2.54. The predicted octanol–water partition coefficient (Wildman–Crippen LogP) is -2.71. The molecule has 13 nitrogen and oxygen atoms in total. The van der Waals surface area contributed by atoms with Crippen LogP contribution in [0.5, 0.6) is 5.75 Å². The van der Waals surface area contributed by atoms with Crippen molar-refractivity contribution in [2.45, 2.75) is 37.4 Å². The lowest BCUT2D eigenvalue weighted by Gasteiger charge is -2.20. The fourth-order valence-electron chi connectivity index (χ4n) is 2.50. The first kappa shape index (κ1) is 26.3. The Bertz CT molecular complexity index is 829. The van der Waals surface area contributed by atoms with Crippen molar-refractivity contribution in [2.24, 2.45) is 5.73 Å². The van der Waals surface area contributed by atoms with Gasteiger partial charge in [0.1, 0.15) is 23.9 Å². The standard InChI is InChI=1S/C19H26N4O9/c20-12(9-24)17(29)23-14(7-10-1-3-11(25)4-2-10)18(30)21-8-15(26)22-13(19(31)32)5-6-16(27)28/h1-4,12-14,24-25H,5-9,20H2,(H,21,30)(H,22,26)(H,23,29)(H,27,28)(H,31,32). The second-order valence-corrected chi connectivity index (χ2v) is 6.83. The Hall–Kier alpha value is -3.71. The topological polar surface area (TPSA) is 228 Å². The van der Waals surface area contributed by atoms with Crippen molar-refractivity contribution in [1.29, 1.82) is 0 Å². The highest BCUT2D eigenvalue weighted by molar-refractivity contribution is 5.92. The fourth-order valence-corrected chi connectivity index (χ4v) is 2.50. The Morgan fingerprint density at radius 3 is 2.09 bits per heavy atom. The highest BCUT2D eigenvalue weighted by atomic mass is 16.4. The molecule has 176 valence electrons. The van der Waals surface area contributed by atoms with Gasteiger partial charge in [0.05, 0.1) is 13.2 Å². The van der Waals surface area contributed by atoms with E-state index in [-0.39, 0.29) is 18.6 Å². The van der Waals surface area contributed by atoms with Gasteiger partial charge in [-0.15, -0.1) is 0 Å². The minimum absolute atomic E-state index is 0.00589. The van der Waals surface area contributed by atoms with Crippen LogP contribution in [0.15, 0.2) is 24.3 Å². The van der Waals surface area contributed by atoms with E-state index < -0.39 is 67.4 Å². The molecule has 0 spiro atoms. The molecular weight excluding hydrogens is 428 g/mol. The maximum atomic E-state index is 12.5. The van der Waals surface area contributed by atoms with Crippen molar-refractivity contribution in [3.05, 3.63) is 29.8 Å². The van der Waals surface area contributed by atoms with E-state index in [1.54, 1.807) is 0 Å². The summed E-state index contributed by atoms with van der Waals surface area (Å²) in [5, 5.41) is 42.8. The van der Waals surface area contributed by atoms with Crippen LogP contribution in [0.25, 0.3) is 0 Å². The number of hydrogen-bond acceptors (Lipinski definition) is 8. The Balaban J connectivity index is 2.77. The van der Waals surface area contributed by atoms with Gasteiger partial charge >= 0.3 is 11.9 Å². The predicted molar refractivity (Wildman–Crippen MR) is 108 cm³/mol. The number of aliphatic hydroxyl groups excluding tert-OH is 1. The third-order valence-corrected chi connectivity index (χ3v) is 4.25. The summed E-state index contributed by atoms with van der Waals surface area (Å²) in [5.41, 5.74) is 6.01. The third kappa shape index (κ3) is 9.40. The van der Waals surface area contributed by atoms with Crippen LogP contribution in [-0.2, 0) is 30.4 Å². The van der Waals surface area contributed by atoms with Crippen molar-refractivity contribution in [3.8, 4) is 5.75 Å². The number of carboxylic acid groups (broad SMARTS) is 2. The van der Waals surface area contributed by atoms with Crippen LogP contribution in [0.4, 0.5) is 0 Å². The summed E-state index contributed by atoms with van der Waals surface area (Å²) in [6, 6.07) is 1.86. The van der Waals surface area contributed by atoms with Gasteiger partial charge in [-0.1, -0.05) is 12.1 Å². The molecule has 3 unspecified atom stereocenters. The number of aliphatic hydroxyl groups is 1. The summed E-state index contributed by atoms with van der Waals surface area (Å²) >= 11 is 0. The number of carbonyl (C=O) groups is 5. The number of rotatable bonds is 13. The number of phenolic OH excluding ortho intramolecular Hbond substituents is 1. The highest BCUT2D eigenvalue weighted by Crippen LogP contribution is 2.11. The molecule has 0 radical (unpaired) electrons. The van der Waals surface area contributed by atoms with E-state index in [9.17, 15) is 29.1 Å². The maximum absolute atomic E-state index is 12.5. The van der Waals surface area contributed by atoms with Gasteiger partial charge in [-0.25, -0.2) is 4.79 Å². The molecule has 13 heteroatoms. The summed E-state index contributed by atoms with van der Waals surface area (Å²) in [4.78, 5) is 58.3. The van der Waals surface area contributed by atoms with E-state index in [0.29, 0.717) is 5.56 Å². The van der Waals surface area contributed by atoms with Crippen molar-refractivity contribution in [3.63, 3.8) is 0 Å². The molecule has 0 saturated carbocycles. The lowest BCUT2D eigenvalue weighted by molar-refractivity contribution is -0.143. The zero-order chi connectivity index (χ0) is 24.3. The molecule has 0 aliphatic rings. The molecule has 1 aromatic carbocycles. The van der Waals surface area contributed by atoms with Crippen LogP contribution in [0.1, 0.15) is 18.4 Å². The van der Waals surface area contributed by atoms with Gasteiger partial charge in [-0.2, -0.15) is 0 Å². The third-order valence-electron chi connectivity index (χ3n) is 4.25. The van der Waals surface area contributed by atoms with E-state index in [0.717, 1.165) is 0 Å². The van der Waals surface area contributed by atoms with Crippen LogP contribution in [0.2, 0.25) is 0 Å². The van der Waals surface area contributed by atoms with Gasteiger partial charge in [-0.3, -0.25) is 19.2 Å². The number of nitrogens with two attached hydrogens (primary N) is 1. The number of carbonyl (C=O) groups excluding carboxylic acids is 3. The van der Waals surface area contributed by atoms with Crippen LogP contribution in [-0.4, -0.2) is 81.4 Å². The molecule has 1 rings (SSSR count). The first-order chi connectivity index (χ1) is 15.0. The SMILES string of the molecule is NC(CO)C(=O)NC(Cc1ccc(O)cc1)C(=O)NCC(=O)NC(CCC(=O)O)C(=O)O. The van der Waals surface area contributed by atoms with Gasteiger partial charge in [0.15, 0.2) is 0 Å². The van der Waals surface area contributed by atoms with Crippen molar-refractivity contribution in [2.75, 3.05) is 13.2 Å². The number of phenols is 1. The van der Waals surface area contributed by atoms with E-state index in [1.165, 1.54) is 24.3 Å². The Kier molecular flexibility index (Phi) is 10.6. The first-order valence-electron chi connectivity index (χ1n) is 9.49. The molecule has 0 bridgehead atoms. The van der Waals surface area contributed by atoms with Crippen LogP contribution in [0, 0.1) is 0 Å². The molecule has 0 aromatic heterocycles. The maximum Gasteiger partial charge on any atom is 0.326 e. The second-order valence-electron chi connectivity index (χ2n) is 6.83. The van der Waals surface area contributed by atoms with E-state index in [1.807, 2.05) is 0 Å². The van der Waals surface area contributed by atoms with Gasteiger partial charge in [-0.05, 0) is 24.1 Å². The summed E-state index contributed by atoms with van der Waals surface area (Å²) in [5.74, 6) is -5.14. The number of amides is 3. The summed E-state index contributed by atoms with van der Waals surface area (Å²) in [6.45, 7) is -1.29. The molecule has 0 aliphatic carbocycles. The van der Waals surface area contributed by atoms with Crippen molar-refractivity contribution >= 4 is 29.7 Å². The number of carboxylic acids is 2. The molecule has 0 saturated heterocycles. The number of benzene rings is 1. The number of hydrogen-bond donors (Lipinski definition) is 8. The molecule has 1 aromatic rings. The molecule has 3 atom stereocenters. The second kappa shape index (κ2) is 12.9. The Morgan fingerprint density at radius 1 is 0.938 bits per heavy atom. The van der Waals surface area contributed by atoms with Gasteiger partial charge in [0.2, 0.25) is 17.7 Å².